The topological polar surface area (TPSA) is 51.8 Å². The van der Waals surface area contributed by atoms with E-state index < -0.39 is 0 Å². The summed E-state index contributed by atoms with van der Waals surface area (Å²) in [7, 11) is 0. The van der Waals surface area contributed by atoms with Crippen molar-refractivity contribution in [3.8, 4) is 0 Å². The fraction of sp³-hybridized carbons (Fsp3) is 0.200. The molecular weight excluding hydrogens is 258 g/mol. The molecule has 1 aromatic heterocycles. The molecule has 2 aromatic rings. The molecule has 0 unspecified atom stereocenters. The predicted octanol–water partition coefficient (Wildman–Crippen LogP) is 3.13. The summed E-state index contributed by atoms with van der Waals surface area (Å²) in [5, 5.41) is 8.15. The summed E-state index contributed by atoms with van der Waals surface area (Å²) in [5.41, 5.74) is 7.85. The van der Waals surface area contributed by atoms with Crippen molar-refractivity contribution in [2.24, 2.45) is 0 Å². The highest BCUT2D eigenvalue weighted by atomic mass is 32.2. The fourth-order valence-corrected chi connectivity index (χ4v) is 3.60. The highest BCUT2D eigenvalue weighted by Gasteiger charge is 2.05. The summed E-state index contributed by atoms with van der Waals surface area (Å²) in [6.45, 7) is 0. The van der Waals surface area contributed by atoms with Crippen LogP contribution in [0.25, 0.3) is 0 Å². The highest BCUT2D eigenvalue weighted by molar-refractivity contribution is 8.02. The van der Waals surface area contributed by atoms with Crippen LogP contribution in [0.3, 0.4) is 0 Å². The Morgan fingerprint density at radius 2 is 2.00 bits per heavy atom. The first kappa shape index (κ1) is 11.8. The molecule has 84 valence electrons. The number of rotatable bonds is 4. The van der Waals surface area contributed by atoms with Crippen molar-refractivity contribution in [3.63, 3.8) is 0 Å². The normalized spacial score (nSPS) is 10.6. The Labute approximate surface area is 107 Å². The summed E-state index contributed by atoms with van der Waals surface area (Å²) >= 11 is 4.92. The van der Waals surface area contributed by atoms with E-state index in [1.807, 2.05) is 30.5 Å². The predicted molar refractivity (Wildman–Crippen MR) is 72.1 cm³/mol. The van der Waals surface area contributed by atoms with Crippen LogP contribution in [0.5, 0.6) is 0 Å². The lowest BCUT2D eigenvalue weighted by atomic mass is 10.2. The lowest BCUT2D eigenvalue weighted by molar-refractivity contribution is 0.955. The van der Waals surface area contributed by atoms with Crippen LogP contribution in [0.4, 0.5) is 5.69 Å². The summed E-state index contributed by atoms with van der Waals surface area (Å²) in [6, 6.07) is 7.90. The minimum absolute atomic E-state index is 0.838. The lowest BCUT2D eigenvalue weighted by Gasteiger charge is -2.02. The van der Waals surface area contributed by atoms with Crippen molar-refractivity contribution in [1.29, 1.82) is 0 Å². The van der Waals surface area contributed by atoms with E-state index in [4.69, 9.17) is 5.73 Å². The number of hydrogen-bond donors (Lipinski definition) is 1. The molecule has 0 saturated heterocycles. The molecule has 0 fully saturated rings. The van der Waals surface area contributed by atoms with Gasteiger partial charge >= 0.3 is 0 Å². The van der Waals surface area contributed by atoms with Crippen LogP contribution in [0.2, 0.25) is 0 Å². The van der Waals surface area contributed by atoms with Gasteiger partial charge in [-0.2, -0.15) is 0 Å². The maximum atomic E-state index is 5.87. The van der Waals surface area contributed by atoms with E-state index in [0.29, 0.717) is 0 Å². The van der Waals surface area contributed by atoms with Gasteiger partial charge in [0.15, 0.2) is 8.68 Å². The Hall–Kier alpha value is -0.720. The number of anilines is 1. The number of thioether (sulfide) groups is 2. The minimum atomic E-state index is 0.838. The van der Waals surface area contributed by atoms with Gasteiger partial charge in [0.25, 0.3) is 0 Å². The molecule has 0 aliphatic rings. The molecule has 0 bridgehead atoms. The second kappa shape index (κ2) is 5.56. The number of hydrogen-bond acceptors (Lipinski definition) is 6. The number of nitrogens with two attached hydrogens (primary N) is 1. The summed E-state index contributed by atoms with van der Waals surface area (Å²) < 4.78 is 2.00. The third-order valence-corrected chi connectivity index (χ3v) is 5.05. The van der Waals surface area contributed by atoms with Gasteiger partial charge in [0.2, 0.25) is 0 Å². The average molecular weight is 269 g/mol. The maximum absolute atomic E-state index is 5.87. The molecule has 0 aliphatic heterocycles. The molecule has 0 spiro atoms. The Morgan fingerprint density at radius 3 is 2.69 bits per heavy atom. The number of nitrogens with zero attached hydrogens (tertiary/aromatic N) is 2. The van der Waals surface area contributed by atoms with E-state index in [0.717, 1.165) is 25.7 Å². The zero-order chi connectivity index (χ0) is 11.4. The average Bonchev–Trinajstić information content (AvgIpc) is 2.76. The number of benzene rings is 1. The molecular formula is C10H11N3S3. The van der Waals surface area contributed by atoms with Gasteiger partial charge in [-0.05, 0) is 17.9 Å². The van der Waals surface area contributed by atoms with Crippen LogP contribution in [-0.2, 0) is 5.75 Å². The smallest absolute Gasteiger partial charge is 0.175 e. The SMILES string of the molecule is CSc1nnc(SCc2ccccc2N)s1. The summed E-state index contributed by atoms with van der Waals surface area (Å²) in [6.07, 6.45) is 2.00. The second-order valence-electron chi connectivity index (χ2n) is 3.03. The Kier molecular flexibility index (Phi) is 4.09. The molecule has 6 heteroatoms. The van der Waals surface area contributed by atoms with Crippen molar-refractivity contribution in [1.82, 2.24) is 10.2 Å². The molecule has 1 heterocycles. The van der Waals surface area contributed by atoms with Gasteiger partial charge in [0.05, 0.1) is 0 Å². The summed E-state index contributed by atoms with van der Waals surface area (Å²) in [4.78, 5) is 0. The van der Waals surface area contributed by atoms with Crippen molar-refractivity contribution < 1.29 is 0 Å². The standard InChI is InChI=1S/C10H11N3S3/c1-14-9-12-13-10(16-9)15-6-7-4-2-3-5-8(7)11/h2-5H,6,11H2,1H3. The summed E-state index contributed by atoms with van der Waals surface area (Å²) in [5.74, 6) is 0.843. The molecule has 3 nitrogen and oxygen atoms in total. The van der Waals surface area contributed by atoms with Crippen LogP contribution in [0.1, 0.15) is 5.56 Å². The van der Waals surface area contributed by atoms with Gasteiger partial charge in [-0.15, -0.1) is 10.2 Å². The van der Waals surface area contributed by atoms with Crippen LogP contribution < -0.4 is 5.73 Å². The van der Waals surface area contributed by atoms with Crippen LogP contribution >= 0.6 is 34.9 Å². The molecule has 2 rings (SSSR count). The first-order chi connectivity index (χ1) is 7.79. The molecule has 0 radical (unpaired) electrons. The Morgan fingerprint density at radius 1 is 1.25 bits per heavy atom. The molecule has 0 aliphatic carbocycles. The van der Waals surface area contributed by atoms with Crippen LogP contribution in [0.15, 0.2) is 32.9 Å². The quantitative estimate of drug-likeness (QED) is 0.682. The van der Waals surface area contributed by atoms with Crippen molar-refractivity contribution >= 4 is 40.5 Å². The van der Waals surface area contributed by atoms with E-state index in [1.165, 1.54) is 0 Å². The Balaban J connectivity index is 1.99. The van der Waals surface area contributed by atoms with Gasteiger partial charge in [0.1, 0.15) is 0 Å². The molecule has 0 atom stereocenters. The van der Waals surface area contributed by atoms with Crippen molar-refractivity contribution in [2.75, 3.05) is 12.0 Å². The van der Waals surface area contributed by atoms with E-state index in [9.17, 15) is 0 Å². The van der Waals surface area contributed by atoms with Gasteiger partial charge < -0.3 is 5.73 Å². The largest absolute Gasteiger partial charge is 0.398 e. The monoisotopic (exact) mass is 269 g/mol. The third-order valence-electron chi connectivity index (χ3n) is 1.97. The van der Waals surface area contributed by atoms with Gasteiger partial charge in [-0.25, -0.2) is 0 Å². The van der Waals surface area contributed by atoms with Gasteiger partial charge in [-0.1, -0.05) is 53.1 Å². The minimum Gasteiger partial charge on any atom is -0.398 e. The Bertz CT molecular complexity index is 470. The fourth-order valence-electron chi connectivity index (χ4n) is 1.14. The van der Waals surface area contributed by atoms with Crippen molar-refractivity contribution in [3.05, 3.63) is 29.8 Å². The second-order valence-corrected chi connectivity index (χ2v) is 6.28. The molecule has 0 amide bonds. The van der Waals surface area contributed by atoms with Crippen LogP contribution in [-0.4, -0.2) is 16.5 Å². The van der Waals surface area contributed by atoms with Gasteiger partial charge in [-0.3, -0.25) is 0 Å². The van der Waals surface area contributed by atoms with Crippen molar-refractivity contribution in [2.45, 2.75) is 14.4 Å². The number of nitrogen functional groups attached to an aromatic ring is 1. The molecule has 16 heavy (non-hydrogen) atoms. The number of para-hydroxylation sites is 1. The lowest BCUT2D eigenvalue weighted by Crippen LogP contribution is -1.91. The first-order valence-electron chi connectivity index (χ1n) is 4.63. The highest BCUT2D eigenvalue weighted by Crippen LogP contribution is 2.30. The molecule has 2 N–H and O–H groups in total. The zero-order valence-corrected chi connectivity index (χ0v) is 11.2. The third kappa shape index (κ3) is 2.90. The van der Waals surface area contributed by atoms with Gasteiger partial charge in [0, 0.05) is 11.4 Å². The van der Waals surface area contributed by atoms with Crippen LogP contribution in [0, 0.1) is 0 Å². The van der Waals surface area contributed by atoms with E-state index >= 15 is 0 Å². The zero-order valence-electron chi connectivity index (χ0n) is 8.71. The first-order valence-corrected chi connectivity index (χ1v) is 7.66. The van der Waals surface area contributed by atoms with E-state index in [-0.39, 0.29) is 0 Å². The number of aromatic nitrogens is 2. The molecule has 1 aromatic carbocycles. The molecule has 0 saturated carbocycles. The van der Waals surface area contributed by atoms with E-state index in [1.54, 1.807) is 34.9 Å². The maximum Gasteiger partial charge on any atom is 0.175 e. The van der Waals surface area contributed by atoms with E-state index in [2.05, 4.69) is 10.2 Å².